The summed E-state index contributed by atoms with van der Waals surface area (Å²) in [4.78, 5) is 4.50. The first kappa shape index (κ1) is 18.4. The molecule has 0 aliphatic heterocycles. The van der Waals surface area contributed by atoms with Crippen LogP contribution >= 0.6 is 0 Å². The van der Waals surface area contributed by atoms with Crippen LogP contribution < -0.4 is 15.4 Å². The molecule has 144 valence electrons. The predicted molar refractivity (Wildman–Crippen MR) is 115 cm³/mol. The summed E-state index contributed by atoms with van der Waals surface area (Å²) in [5, 5.41) is 14.6. The molecule has 0 saturated heterocycles. The molecule has 0 spiro atoms. The lowest BCUT2D eigenvalue weighted by Crippen LogP contribution is -2.03. The summed E-state index contributed by atoms with van der Waals surface area (Å²) in [7, 11) is 0. The van der Waals surface area contributed by atoms with Crippen LogP contribution in [0.4, 0.5) is 23.1 Å². The van der Waals surface area contributed by atoms with Gasteiger partial charge in [0, 0.05) is 5.69 Å². The molecule has 4 rings (SSSR count). The highest BCUT2D eigenvalue weighted by Gasteiger charge is 2.08. The van der Waals surface area contributed by atoms with Crippen LogP contribution in [0.5, 0.6) is 11.5 Å². The normalized spacial score (nSPS) is 10.4. The summed E-state index contributed by atoms with van der Waals surface area (Å²) in [5.41, 5.74) is 2.98. The summed E-state index contributed by atoms with van der Waals surface area (Å²) in [6, 6.07) is 25.5. The molecule has 0 bridgehead atoms. The third kappa shape index (κ3) is 4.87. The minimum Gasteiger partial charge on any atom is -0.455 e. The van der Waals surface area contributed by atoms with Crippen LogP contribution in [0.2, 0.25) is 0 Å². The Morgan fingerprint density at radius 2 is 1.59 bits per heavy atom. The molecule has 1 aromatic heterocycles. The van der Waals surface area contributed by atoms with Gasteiger partial charge < -0.3 is 15.4 Å². The van der Waals surface area contributed by atoms with Crippen molar-refractivity contribution in [2.45, 2.75) is 13.3 Å². The van der Waals surface area contributed by atoms with Crippen molar-refractivity contribution >= 4 is 23.1 Å². The first-order chi connectivity index (χ1) is 14.3. The van der Waals surface area contributed by atoms with E-state index in [2.05, 4.69) is 44.9 Å². The molecule has 4 aromatic rings. The van der Waals surface area contributed by atoms with E-state index in [1.807, 2.05) is 66.7 Å². The second-order valence-electron chi connectivity index (χ2n) is 6.38. The number of benzene rings is 3. The standard InChI is InChI=1S/C23H21N5O/c1-2-17-12-14-18(15-13-17)25-22-16-24-28-23(27-22)26-20-10-6-7-11-21(20)29-19-8-4-3-5-9-19/h3-16H,2H2,1H3,(H2,25,26,27,28). The smallest absolute Gasteiger partial charge is 0.249 e. The van der Waals surface area contributed by atoms with Gasteiger partial charge in [0.2, 0.25) is 5.95 Å². The van der Waals surface area contributed by atoms with Crippen LogP contribution in [-0.4, -0.2) is 15.2 Å². The molecule has 0 amide bonds. The van der Waals surface area contributed by atoms with Crippen molar-refractivity contribution in [1.29, 1.82) is 0 Å². The second-order valence-corrected chi connectivity index (χ2v) is 6.38. The number of anilines is 4. The molecule has 0 radical (unpaired) electrons. The van der Waals surface area contributed by atoms with E-state index in [1.54, 1.807) is 6.20 Å². The highest BCUT2D eigenvalue weighted by Crippen LogP contribution is 2.30. The van der Waals surface area contributed by atoms with Crippen molar-refractivity contribution in [1.82, 2.24) is 15.2 Å². The molecule has 2 N–H and O–H groups in total. The molecule has 3 aromatic carbocycles. The highest BCUT2D eigenvalue weighted by molar-refractivity contribution is 5.64. The van der Waals surface area contributed by atoms with E-state index in [9.17, 15) is 0 Å². The Morgan fingerprint density at radius 3 is 2.38 bits per heavy atom. The van der Waals surface area contributed by atoms with Crippen molar-refractivity contribution in [3.63, 3.8) is 0 Å². The number of ether oxygens (including phenoxy) is 1. The van der Waals surface area contributed by atoms with Crippen molar-refractivity contribution in [3.05, 3.63) is 90.6 Å². The zero-order chi connectivity index (χ0) is 19.9. The summed E-state index contributed by atoms with van der Waals surface area (Å²) >= 11 is 0. The Labute approximate surface area is 169 Å². The molecule has 0 atom stereocenters. The lowest BCUT2D eigenvalue weighted by Gasteiger charge is -2.12. The molecule has 0 saturated carbocycles. The Hall–Kier alpha value is -3.93. The van der Waals surface area contributed by atoms with E-state index >= 15 is 0 Å². The van der Waals surface area contributed by atoms with Gasteiger partial charge in [0.1, 0.15) is 5.75 Å². The summed E-state index contributed by atoms with van der Waals surface area (Å²) < 4.78 is 5.98. The fourth-order valence-electron chi connectivity index (χ4n) is 2.78. The van der Waals surface area contributed by atoms with Gasteiger partial charge in [-0.15, -0.1) is 5.10 Å². The number of hydrogen-bond donors (Lipinski definition) is 2. The minimum absolute atomic E-state index is 0.379. The van der Waals surface area contributed by atoms with E-state index in [0.29, 0.717) is 17.5 Å². The average molecular weight is 383 g/mol. The van der Waals surface area contributed by atoms with E-state index in [1.165, 1.54) is 5.56 Å². The number of para-hydroxylation sites is 3. The van der Waals surface area contributed by atoms with E-state index in [0.717, 1.165) is 23.5 Å². The topological polar surface area (TPSA) is 72.0 Å². The Bertz CT molecular complexity index is 1070. The maximum atomic E-state index is 5.98. The van der Waals surface area contributed by atoms with Crippen LogP contribution in [-0.2, 0) is 6.42 Å². The van der Waals surface area contributed by atoms with Gasteiger partial charge in [-0.3, -0.25) is 0 Å². The third-order valence-corrected chi connectivity index (χ3v) is 4.30. The molecular weight excluding hydrogens is 362 g/mol. The van der Waals surface area contributed by atoms with Gasteiger partial charge in [0.05, 0.1) is 11.9 Å². The van der Waals surface area contributed by atoms with Crippen LogP contribution in [0.3, 0.4) is 0 Å². The molecule has 0 aliphatic rings. The van der Waals surface area contributed by atoms with E-state index in [4.69, 9.17) is 4.74 Å². The van der Waals surface area contributed by atoms with Gasteiger partial charge in [0.25, 0.3) is 0 Å². The largest absolute Gasteiger partial charge is 0.455 e. The fourth-order valence-corrected chi connectivity index (χ4v) is 2.78. The van der Waals surface area contributed by atoms with E-state index in [-0.39, 0.29) is 0 Å². The van der Waals surface area contributed by atoms with Gasteiger partial charge in [-0.25, -0.2) is 0 Å². The van der Waals surface area contributed by atoms with Crippen LogP contribution in [0, 0.1) is 0 Å². The van der Waals surface area contributed by atoms with Crippen LogP contribution in [0.1, 0.15) is 12.5 Å². The van der Waals surface area contributed by atoms with Gasteiger partial charge >= 0.3 is 0 Å². The van der Waals surface area contributed by atoms with Gasteiger partial charge in [-0.05, 0) is 48.4 Å². The summed E-state index contributed by atoms with van der Waals surface area (Å²) in [5.74, 6) is 2.42. The maximum absolute atomic E-state index is 5.98. The highest BCUT2D eigenvalue weighted by atomic mass is 16.5. The molecule has 0 unspecified atom stereocenters. The Kier molecular flexibility index (Phi) is 5.62. The molecule has 6 nitrogen and oxygen atoms in total. The summed E-state index contributed by atoms with van der Waals surface area (Å²) in [6.45, 7) is 2.13. The zero-order valence-electron chi connectivity index (χ0n) is 16.0. The number of rotatable bonds is 7. The zero-order valence-corrected chi connectivity index (χ0v) is 16.0. The van der Waals surface area contributed by atoms with Crippen molar-refractivity contribution in [2.75, 3.05) is 10.6 Å². The maximum Gasteiger partial charge on any atom is 0.249 e. The summed E-state index contributed by atoms with van der Waals surface area (Å²) in [6.07, 6.45) is 2.60. The number of nitrogens with one attached hydrogen (secondary N) is 2. The van der Waals surface area contributed by atoms with Crippen molar-refractivity contribution in [3.8, 4) is 11.5 Å². The lowest BCUT2D eigenvalue weighted by molar-refractivity contribution is 0.485. The van der Waals surface area contributed by atoms with Gasteiger partial charge in [-0.1, -0.05) is 49.4 Å². The van der Waals surface area contributed by atoms with Gasteiger partial charge in [0.15, 0.2) is 11.6 Å². The van der Waals surface area contributed by atoms with Crippen LogP contribution in [0.15, 0.2) is 85.1 Å². The fraction of sp³-hybridized carbons (Fsp3) is 0.0870. The SMILES string of the molecule is CCc1ccc(Nc2cnnc(Nc3ccccc3Oc3ccccc3)n2)cc1. The molecule has 0 aliphatic carbocycles. The molecule has 0 fully saturated rings. The number of hydrogen-bond acceptors (Lipinski definition) is 6. The first-order valence-corrected chi connectivity index (χ1v) is 9.45. The third-order valence-electron chi connectivity index (χ3n) is 4.30. The lowest BCUT2D eigenvalue weighted by atomic mass is 10.1. The number of nitrogens with zero attached hydrogens (tertiary/aromatic N) is 3. The molecule has 6 heteroatoms. The minimum atomic E-state index is 0.379. The monoisotopic (exact) mass is 383 g/mol. The van der Waals surface area contributed by atoms with Gasteiger partial charge in [-0.2, -0.15) is 10.1 Å². The molecule has 1 heterocycles. The quantitative estimate of drug-likeness (QED) is 0.426. The van der Waals surface area contributed by atoms with E-state index < -0.39 is 0 Å². The number of aromatic nitrogens is 3. The average Bonchev–Trinajstić information content (AvgIpc) is 2.77. The predicted octanol–water partition coefficient (Wildman–Crippen LogP) is 5.71. The van der Waals surface area contributed by atoms with Crippen molar-refractivity contribution in [2.24, 2.45) is 0 Å². The molecular formula is C23H21N5O. The molecule has 29 heavy (non-hydrogen) atoms. The number of aryl methyl sites for hydroxylation is 1. The van der Waals surface area contributed by atoms with Crippen LogP contribution in [0.25, 0.3) is 0 Å². The Balaban J connectivity index is 1.51. The first-order valence-electron chi connectivity index (χ1n) is 9.45. The van der Waals surface area contributed by atoms with Crippen molar-refractivity contribution < 1.29 is 4.74 Å². The Morgan fingerprint density at radius 1 is 0.828 bits per heavy atom. The second kappa shape index (κ2) is 8.84.